The van der Waals surface area contributed by atoms with Gasteiger partial charge in [0.1, 0.15) is 0 Å². The third-order valence-electron chi connectivity index (χ3n) is 3.10. The molecule has 86 valence electrons. The van der Waals surface area contributed by atoms with E-state index < -0.39 is 5.91 Å². The van der Waals surface area contributed by atoms with Gasteiger partial charge in [-0.05, 0) is 19.3 Å². The normalized spacial score (nSPS) is 18.7. The second-order valence-electron chi connectivity index (χ2n) is 4.03. The van der Waals surface area contributed by atoms with E-state index in [1.165, 1.54) is 0 Å². The molecule has 0 aromatic rings. The molecule has 15 heavy (non-hydrogen) atoms. The third-order valence-corrected chi connectivity index (χ3v) is 3.10. The Bertz CT molecular complexity index is 247. The Kier molecular flexibility index (Phi) is 4.08. The van der Waals surface area contributed by atoms with E-state index in [1.54, 1.807) is 0 Å². The quantitative estimate of drug-likeness (QED) is 0.653. The topological polar surface area (TPSA) is 81.4 Å². The van der Waals surface area contributed by atoms with E-state index in [9.17, 15) is 9.59 Å². The molecule has 0 unspecified atom stereocenters. The van der Waals surface area contributed by atoms with Gasteiger partial charge in [-0.15, -0.1) is 0 Å². The summed E-state index contributed by atoms with van der Waals surface area (Å²) in [5.74, 6) is -0.712. The molecule has 0 saturated heterocycles. The molecule has 0 bridgehead atoms. The number of nitrogens with one attached hydrogen (secondary N) is 1. The summed E-state index contributed by atoms with van der Waals surface area (Å²) in [5, 5.41) is 0. The van der Waals surface area contributed by atoms with Crippen LogP contribution >= 0.6 is 0 Å². The van der Waals surface area contributed by atoms with Crippen molar-refractivity contribution >= 4 is 11.8 Å². The van der Waals surface area contributed by atoms with Crippen molar-refractivity contribution in [3.05, 3.63) is 0 Å². The van der Waals surface area contributed by atoms with Gasteiger partial charge < -0.3 is 5.73 Å². The standard InChI is InChI=1S/C10H18N2O3/c1-2-10(5-3-4-6-10)9(14)12-15-7-8(11)13/h2-7H2,1H3,(H2,11,13)(H,12,14). The molecule has 3 N–H and O–H groups in total. The number of hydroxylamine groups is 1. The molecule has 0 heterocycles. The van der Waals surface area contributed by atoms with Gasteiger partial charge in [0, 0.05) is 0 Å². The van der Waals surface area contributed by atoms with Crippen molar-refractivity contribution in [3.63, 3.8) is 0 Å². The molecule has 0 aromatic carbocycles. The summed E-state index contributed by atoms with van der Waals surface area (Å²) < 4.78 is 0. The van der Waals surface area contributed by atoms with Crippen LogP contribution in [0.15, 0.2) is 0 Å². The number of carbonyl (C=O) groups is 2. The maximum Gasteiger partial charge on any atom is 0.249 e. The summed E-state index contributed by atoms with van der Waals surface area (Å²) in [6.45, 7) is 1.73. The van der Waals surface area contributed by atoms with Crippen molar-refractivity contribution in [1.29, 1.82) is 0 Å². The second kappa shape index (κ2) is 5.11. The van der Waals surface area contributed by atoms with Crippen molar-refractivity contribution in [2.75, 3.05) is 6.61 Å². The zero-order valence-corrected chi connectivity index (χ0v) is 9.04. The molecule has 5 nitrogen and oxygen atoms in total. The first-order chi connectivity index (χ1) is 7.10. The predicted octanol–water partition coefficient (Wildman–Crippen LogP) is 0.490. The molecule has 1 rings (SSSR count). The fraction of sp³-hybridized carbons (Fsp3) is 0.800. The largest absolute Gasteiger partial charge is 0.368 e. The van der Waals surface area contributed by atoms with Gasteiger partial charge in [0.15, 0.2) is 6.61 Å². The van der Waals surface area contributed by atoms with E-state index >= 15 is 0 Å². The van der Waals surface area contributed by atoms with Gasteiger partial charge in [-0.2, -0.15) is 0 Å². The summed E-state index contributed by atoms with van der Waals surface area (Å²) in [6.07, 6.45) is 4.76. The van der Waals surface area contributed by atoms with E-state index in [4.69, 9.17) is 10.6 Å². The number of rotatable bonds is 5. The van der Waals surface area contributed by atoms with Gasteiger partial charge in [-0.25, -0.2) is 5.48 Å². The van der Waals surface area contributed by atoms with Crippen LogP contribution in [-0.4, -0.2) is 18.4 Å². The molecular formula is C10H18N2O3. The summed E-state index contributed by atoms with van der Waals surface area (Å²) in [5.41, 5.74) is 6.90. The molecule has 1 fully saturated rings. The lowest BCUT2D eigenvalue weighted by atomic mass is 9.83. The first-order valence-electron chi connectivity index (χ1n) is 5.31. The minimum atomic E-state index is -0.590. The lowest BCUT2D eigenvalue weighted by Gasteiger charge is -2.25. The summed E-state index contributed by atoms with van der Waals surface area (Å²) in [7, 11) is 0. The zero-order valence-electron chi connectivity index (χ0n) is 9.04. The van der Waals surface area contributed by atoms with E-state index in [0.29, 0.717) is 0 Å². The van der Waals surface area contributed by atoms with Crippen LogP contribution in [0.3, 0.4) is 0 Å². The fourth-order valence-electron chi connectivity index (χ4n) is 2.07. The van der Waals surface area contributed by atoms with Crippen molar-refractivity contribution in [2.24, 2.45) is 11.1 Å². The van der Waals surface area contributed by atoms with E-state index in [1.807, 2.05) is 6.92 Å². The average molecular weight is 214 g/mol. The Balaban J connectivity index is 2.40. The van der Waals surface area contributed by atoms with E-state index in [2.05, 4.69) is 5.48 Å². The van der Waals surface area contributed by atoms with Crippen molar-refractivity contribution < 1.29 is 14.4 Å². The highest BCUT2D eigenvalue weighted by Gasteiger charge is 2.39. The van der Waals surface area contributed by atoms with E-state index in [-0.39, 0.29) is 17.9 Å². The Labute approximate surface area is 89.3 Å². The predicted molar refractivity (Wildman–Crippen MR) is 54.5 cm³/mol. The first-order valence-corrected chi connectivity index (χ1v) is 5.31. The molecule has 1 saturated carbocycles. The minimum Gasteiger partial charge on any atom is -0.368 e. The summed E-state index contributed by atoms with van der Waals surface area (Å²) in [6, 6.07) is 0. The number of primary amides is 1. The van der Waals surface area contributed by atoms with Gasteiger partial charge in [0.25, 0.3) is 0 Å². The number of nitrogens with two attached hydrogens (primary N) is 1. The minimum absolute atomic E-state index is 0.122. The molecule has 1 aliphatic carbocycles. The molecule has 1 aliphatic rings. The molecular weight excluding hydrogens is 196 g/mol. The Morgan fingerprint density at radius 3 is 2.47 bits per heavy atom. The molecule has 0 aliphatic heterocycles. The lowest BCUT2D eigenvalue weighted by Crippen LogP contribution is -2.40. The monoisotopic (exact) mass is 214 g/mol. The van der Waals surface area contributed by atoms with Gasteiger partial charge in [0.05, 0.1) is 5.41 Å². The first kappa shape index (κ1) is 12.0. The van der Waals surface area contributed by atoms with Crippen molar-refractivity contribution in [1.82, 2.24) is 5.48 Å². The highest BCUT2D eigenvalue weighted by atomic mass is 16.7. The molecule has 2 amide bonds. The van der Waals surface area contributed by atoms with Gasteiger partial charge in [-0.1, -0.05) is 19.8 Å². The van der Waals surface area contributed by atoms with Crippen LogP contribution in [0, 0.1) is 5.41 Å². The van der Waals surface area contributed by atoms with E-state index in [0.717, 1.165) is 32.1 Å². The summed E-state index contributed by atoms with van der Waals surface area (Å²) >= 11 is 0. The van der Waals surface area contributed by atoms with Crippen LogP contribution in [-0.2, 0) is 14.4 Å². The Morgan fingerprint density at radius 2 is 2.00 bits per heavy atom. The molecule has 0 aromatic heterocycles. The van der Waals surface area contributed by atoms with Crippen LogP contribution in [0.25, 0.3) is 0 Å². The van der Waals surface area contributed by atoms with Crippen LogP contribution in [0.2, 0.25) is 0 Å². The smallest absolute Gasteiger partial charge is 0.249 e. The Morgan fingerprint density at radius 1 is 1.40 bits per heavy atom. The molecule has 5 heteroatoms. The maximum absolute atomic E-state index is 11.8. The van der Waals surface area contributed by atoms with Crippen molar-refractivity contribution in [3.8, 4) is 0 Å². The summed E-state index contributed by atoms with van der Waals surface area (Å²) in [4.78, 5) is 26.9. The SMILES string of the molecule is CCC1(C(=O)NOCC(N)=O)CCCC1. The van der Waals surface area contributed by atoms with Crippen LogP contribution < -0.4 is 11.2 Å². The highest BCUT2D eigenvalue weighted by Crippen LogP contribution is 2.40. The number of hydrogen-bond acceptors (Lipinski definition) is 3. The Hall–Kier alpha value is -1.10. The van der Waals surface area contributed by atoms with Crippen LogP contribution in [0.5, 0.6) is 0 Å². The molecule has 0 atom stereocenters. The zero-order chi connectivity index (χ0) is 11.3. The highest BCUT2D eigenvalue weighted by molar-refractivity contribution is 5.82. The number of hydrogen-bond donors (Lipinski definition) is 2. The van der Waals surface area contributed by atoms with Gasteiger partial charge >= 0.3 is 0 Å². The maximum atomic E-state index is 11.8. The average Bonchev–Trinajstić information content (AvgIpc) is 2.66. The van der Waals surface area contributed by atoms with Crippen LogP contribution in [0.1, 0.15) is 39.0 Å². The lowest BCUT2D eigenvalue weighted by molar-refractivity contribution is -0.146. The number of carbonyl (C=O) groups excluding carboxylic acids is 2. The second-order valence-corrected chi connectivity index (χ2v) is 4.03. The molecule has 0 radical (unpaired) electrons. The van der Waals surface area contributed by atoms with Gasteiger partial charge in [-0.3, -0.25) is 14.4 Å². The molecule has 0 spiro atoms. The fourth-order valence-corrected chi connectivity index (χ4v) is 2.07. The van der Waals surface area contributed by atoms with Crippen molar-refractivity contribution in [2.45, 2.75) is 39.0 Å². The van der Waals surface area contributed by atoms with Crippen LogP contribution in [0.4, 0.5) is 0 Å². The van der Waals surface area contributed by atoms with Gasteiger partial charge in [0.2, 0.25) is 11.8 Å². The third kappa shape index (κ3) is 2.92. The number of amides is 2.